The highest BCUT2D eigenvalue weighted by molar-refractivity contribution is 7.91. The maximum absolute atomic E-state index is 13.1. The lowest BCUT2D eigenvalue weighted by atomic mass is 10.1. The highest BCUT2D eigenvalue weighted by Crippen LogP contribution is 2.29. The SMILES string of the molecule is CC(C)(C)NC(=O)N1CCC(NS(=O)(=O)c2cc(S(=O)(=O)c3ccccc3)ccc2Cl)CC1. The molecule has 11 heteroatoms. The van der Waals surface area contributed by atoms with Crippen molar-refractivity contribution in [1.29, 1.82) is 0 Å². The van der Waals surface area contributed by atoms with Crippen molar-refractivity contribution in [3.8, 4) is 0 Å². The number of rotatable bonds is 5. The Kier molecular flexibility index (Phi) is 7.42. The van der Waals surface area contributed by atoms with Gasteiger partial charge in [-0.2, -0.15) is 0 Å². The molecule has 1 heterocycles. The first kappa shape index (κ1) is 25.5. The van der Waals surface area contributed by atoms with E-state index in [2.05, 4.69) is 10.0 Å². The molecule has 1 saturated heterocycles. The average molecular weight is 514 g/mol. The second kappa shape index (κ2) is 9.61. The van der Waals surface area contributed by atoms with Crippen molar-refractivity contribution in [3.05, 3.63) is 53.6 Å². The molecule has 0 spiro atoms. The number of halogens is 1. The highest BCUT2D eigenvalue weighted by atomic mass is 35.5. The number of sulfone groups is 1. The first-order valence-electron chi connectivity index (χ1n) is 10.5. The third kappa shape index (κ3) is 6.26. The van der Waals surface area contributed by atoms with E-state index in [1.807, 2.05) is 20.8 Å². The van der Waals surface area contributed by atoms with E-state index < -0.39 is 25.9 Å². The maximum atomic E-state index is 13.1. The van der Waals surface area contributed by atoms with E-state index in [-0.39, 0.29) is 31.3 Å². The summed E-state index contributed by atoms with van der Waals surface area (Å²) in [7, 11) is -7.99. The smallest absolute Gasteiger partial charge is 0.317 e. The van der Waals surface area contributed by atoms with Gasteiger partial charge in [-0.3, -0.25) is 0 Å². The molecule has 1 aliphatic rings. The normalized spacial score (nSPS) is 15.9. The Bertz CT molecular complexity index is 1220. The lowest BCUT2D eigenvalue weighted by molar-refractivity contribution is 0.172. The molecule has 2 N–H and O–H groups in total. The summed E-state index contributed by atoms with van der Waals surface area (Å²) in [5.41, 5.74) is -0.364. The average Bonchev–Trinajstić information content (AvgIpc) is 2.73. The highest BCUT2D eigenvalue weighted by Gasteiger charge is 2.30. The van der Waals surface area contributed by atoms with Crippen LogP contribution in [0.3, 0.4) is 0 Å². The molecular weight excluding hydrogens is 486 g/mol. The topological polar surface area (TPSA) is 113 Å². The summed E-state index contributed by atoms with van der Waals surface area (Å²) in [6.07, 6.45) is 0.854. The number of likely N-dealkylation sites (tertiary alicyclic amines) is 1. The van der Waals surface area contributed by atoms with Crippen LogP contribution in [0.4, 0.5) is 4.79 Å². The van der Waals surface area contributed by atoms with Crippen molar-refractivity contribution < 1.29 is 21.6 Å². The maximum Gasteiger partial charge on any atom is 0.317 e. The summed E-state index contributed by atoms with van der Waals surface area (Å²) in [5.74, 6) is 0. The van der Waals surface area contributed by atoms with Gasteiger partial charge in [0.05, 0.1) is 14.8 Å². The molecule has 0 atom stereocenters. The van der Waals surface area contributed by atoms with E-state index in [0.717, 1.165) is 6.07 Å². The van der Waals surface area contributed by atoms with Crippen LogP contribution in [0.5, 0.6) is 0 Å². The van der Waals surface area contributed by atoms with E-state index in [4.69, 9.17) is 11.6 Å². The molecule has 2 amide bonds. The lowest BCUT2D eigenvalue weighted by Crippen LogP contribution is -2.53. The van der Waals surface area contributed by atoms with E-state index in [1.54, 1.807) is 23.1 Å². The summed E-state index contributed by atoms with van der Waals surface area (Å²) in [6, 6.07) is 10.8. The first-order valence-corrected chi connectivity index (χ1v) is 13.8. The number of urea groups is 1. The molecule has 1 fully saturated rings. The van der Waals surface area contributed by atoms with Crippen LogP contribution in [0.15, 0.2) is 63.2 Å². The van der Waals surface area contributed by atoms with Gasteiger partial charge >= 0.3 is 6.03 Å². The molecule has 0 bridgehead atoms. The second-order valence-electron chi connectivity index (χ2n) is 8.97. The predicted octanol–water partition coefficient (Wildman–Crippen LogP) is 3.42. The number of carbonyl (C=O) groups excluding carboxylic acids is 1. The van der Waals surface area contributed by atoms with Gasteiger partial charge < -0.3 is 10.2 Å². The minimum atomic E-state index is -4.09. The molecule has 8 nitrogen and oxygen atoms in total. The van der Waals surface area contributed by atoms with Gasteiger partial charge in [0.2, 0.25) is 19.9 Å². The Labute approximate surface area is 200 Å². The number of piperidine rings is 1. The Morgan fingerprint density at radius 1 is 0.970 bits per heavy atom. The molecule has 2 aromatic rings. The number of hydrogen-bond acceptors (Lipinski definition) is 5. The van der Waals surface area contributed by atoms with Crippen LogP contribution < -0.4 is 10.0 Å². The molecule has 2 aromatic carbocycles. The van der Waals surface area contributed by atoms with E-state index >= 15 is 0 Å². The molecule has 180 valence electrons. The van der Waals surface area contributed by atoms with Crippen LogP contribution in [0, 0.1) is 0 Å². The zero-order chi connectivity index (χ0) is 24.4. The van der Waals surface area contributed by atoms with Gasteiger partial charge in [0, 0.05) is 24.7 Å². The van der Waals surface area contributed by atoms with Crippen LogP contribution in [-0.4, -0.2) is 52.4 Å². The fourth-order valence-corrected chi connectivity index (χ4v) is 6.69. The van der Waals surface area contributed by atoms with Gasteiger partial charge in [-0.15, -0.1) is 0 Å². The zero-order valence-corrected chi connectivity index (χ0v) is 21.1. The number of sulfonamides is 1. The van der Waals surface area contributed by atoms with E-state index in [9.17, 15) is 21.6 Å². The minimum Gasteiger partial charge on any atom is -0.333 e. The standard InChI is InChI=1S/C22H28ClN3O5S2/c1-22(2,3)24-21(27)26-13-11-16(12-14-26)25-33(30,31)20-15-18(9-10-19(20)23)32(28,29)17-7-5-4-6-8-17/h4-10,15-16,25H,11-14H2,1-3H3,(H,24,27). The summed E-state index contributed by atoms with van der Waals surface area (Å²) in [6.45, 7) is 6.46. The van der Waals surface area contributed by atoms with Crippen LogP contribution in [0.25, 0.3) is 0 Å². The second-order valence-corrected chi connectivity index (χ2v) is 13.0. The quantitative estimate of drug-likeness (QED) is 0.636. The van der Waals surface area contributed by atoms with Crippen LogP contribution >= 0.6 is 11.6 Å². The Balaban J connectivity index is 1.75. The Hall–Kier alpha value is -2.14. The van der Waals surface area contributed by atoms with Gasteiger partial charge in [-0.1, -0.05) is 29.8 Å². The van der Waals surface area contributed by atoms with E-state index in [0.29, 0.717) is 25.9 Å². The molecule has 0 unspecified atom stereocenters. The van der Waals surface area contributed by atoms with Gasteiger partial charge in [0.15, 0.2) is 0 Å². The summed E-state index contributed by atoms with van der Waals surface area (Å²) < 4.78 is 54.5. The molecule has 0 saturated carbocycles. The molecule has 3 rings (SSSR count). The van der Waals surface area contributed by atoms with Gasteiger partial charge in [0.25, 0.3) is 0 Å². The molecular formula is C22H28ClN3O5S2. The predicted molar refractivity (Wildman–Crippen MR) is 127 cm³/mol. The Morgan fingerprint density at radius 2 is 1.58 bits per heavy atom. The molecule has 0 aliphatic carbocycles. The summed E-state index contributed by atoms with van der Waals surface area (Å²) in [5, 5.41) is 2.82. The van der Waals surface area contributed by atoms with Crippen LogP contribution in [0.1, 0.15) is 33.6 Å². The Morgan fingerprint density at radius 3 is 2.15 bits per heavy atom. The van der Waals surface area contributed by atoms with Crippen molar-refractivity contribution in [3.63, 3.8) is 0 Å². The molecule has 1 aliphatic heterocycles. The fraction of sp³-hybridized carbons (Fsp3) is 0.409. The van der Waals surface area contributed by atoms with Gasteiger partial charge in [-0.05, 0) is 63.9 Å². The number of amides is 2. The molecule has 0 aromatic heterocycles. The number of carbonyl (C=O) groups is 1. The monoisotopic (exact) mass is 513 g/mol. The van der Waals surface area contributed by atoms with Crippen molar-refractivity contribution >= 4 is 37.5 Å². The molecule has 0 radical (unpaired) electrons. The van der Waals surface area contributed by atoms with Gasteiger partial charge in [0.1, 0.15) is 4.90 Å². The number of nitrogens with zero attached hydrogens (tertiary/aromatic N) is 1. The van der Waals surface area contributed by atoms with Crippen molar-refractivity contribution in [2.45, 2.75) is 59.9 Å². The number of nitrogens with one attached hydrogen (secondary N) is 2. The summed E-state index contributed by atoms with van der Waals surface area (Å²) >= 11 is 6.15. The lowest BCUT2D eigenvalue weighted by Gasteiger charge is -2.34. The molecule has 33 heavy (non-hydrogen) atoms. The van der Waals surface area contributed by atoms with Crippen LogP contribution in [0.2, 0.25) is 5.02 Å². The number of benzene rings is 2. The fourth-order valence-electron chi connectivity index (χ4n) is 3.48. The first-order chi connectivity index (χ1) is 15.3. The van der Waals surface area contributed by atoms with Gasteiger partial charge in [-0.25, -0.2) is 26.4 Å². The third-order valence-corrected chi connectivity index (χ3v) is 8.91. The zero-order valence-electron chi connectivity index (χ0n) is 18.7. The van der Waals surface area contributed by atoms with Crippen LogP contribution in [-0.2, 0) is 19.9 Å². The minimum absolute atomic E-state index is 0.0598. The largest absolute Gasteiger partial charge is 0.333 e. The van der Waals surface area contributed by atoms with Crippen molar-refractivity contribution in [2.75, 3.05) is 13.1 Å². The summed E-state index contributed by atoms with van der Waals surface area (Å²) in [4.78, 5) is 13.6. The number of hydrogen-bond donors (Lipinski definition) is 2. The third-order valence-electron chi connectivity index (χ3n) is 5.14. The van der Waals surface area contributed by atoms with Crippen molar-refractivity contribution in [1.82, 2.24) is 14.9 Å². The van der Waals surface area contributed by atoms with Crippen molar-refractivity contribution in [2.24, 2.45) is 0 Å². The van der Waals surface area contributed by atoms with E-state index in [1.165, 1.54) is 24.3 Å².